The van der Waals surface area contributed by atoms with Gasteiger partial charge >= 0.3 is 5.97 Å². The summed E-state index contributed by atoms with van der Waals surface area (Å²) < 4.78 is 10.0. The summed E-state index contributed by atoms with van der Waals surface area (Å²) >= 11 is 0. The van der Waals surface area contributed by atoms with Crippen LogP contribution in [0.3, 0.4) is 0 Å². The zero-order valence-corrected chi connectivity index (χ0v) is 13.7. The molecule has 2 N–H and O–H groups in total. The van der Waals surface area contributed by atoms with Crippen molar-refractivity contribution in [2.75, 3.05) is 6.61 Å². The molecule has 1 aromatic carbocycles. The Labute approximate surface area is 138 Å². The lowest BCUT2D eigenvalue weighted by Gasteiger charge is -2.16. The fourth-order valence-corrected chi connectivity index (χ4v) is 2.30. The van der Waals surface area contributed by atoms with Crippen molar-refractivity contribution in [2.45, 2.75) is 33.4 Å². The Morgan fingerprint density at radius 2 is 1.92 bits per heavy atom. The number of aryl methyl sites for hydroxylation is 3. The molecule has 0 aliphatic rings. The summed E-state index contributed by atoms with van der Waals surface area (Å²) in [5.74, 6) is -0.957. The van der Waals surface area contributed by atoms with E-state index in [2.05, 4.69) is 15.5 Å². The third-order valence-corrected chi connectivity index (χ3v) is 3.16. The van der Waals surface area contributed by atoms with E-state index in [0.29, 0.717) is 11.4 Å². The number of hydrogen-bond acceptors (Lipinski definition) is 6. The first-order valence-electron chi connectivity index (χ1n) is 7.32. The van der Waals surface area contributed by atoms with E-state index in [9.17, 15) is 14.7 Å². The zero-order valence-electron chi connectivity index (χ0n) is 13.7. The number of nitrogens with one attached hydrogen (secondary N) is 1. The number of carboxylic acid groups (broad SMARTS) is 1. The smallest absolute Gasteiger partial charge is 0.330 e. The average Bonchev–Trinajstić information content (AvgIpc) is 2.89. The molecule has 1 aromatic heterocycles. The number of rotatable bonds is 7. The van der Waals surface area contributed by atoms with Crippen LogP contribution in [0.5, 0.6) is 0 Å². The van der Waals surface area contributed by atoms with E-state index in [4.69, 9.17) is 9.26 Å². The van der Waals surface area contributed by atoms with Gasteiger partial charge in [-0.3, -0.25) is 4.79 Å². The molecule has 128 valence electrons. The highest BCUT2D eigenvalue weighted by Crippen LogP contribution is 2.17. The third-order valence-electron chi connectivity index (χ3n) is 3.16. The van der Waals surface area contributed by atoms with Crippen molar-refractivity contribution in [3.63, 3.8) is 0 Å². The molecule has 2 aromatic rings. The van der Waals surface area contributed by atoms with Crippen molar-refractivity contribution < 1.29 is 24.0 Å². The van der Waals surface area contributed by atoms with E-state index in [1.807, 2.05) is 19.9 Å². The largest absolute Gasteiger partial charge is 0.479 e. The first-order chi connectivity index (χ1) is 11.3. The molecule has 0 saturated heterocycles. The van der Waals surface area contributed by atoms with Crippen LogP contribution in [0.4, 0.5) is 0 Å². The maximum absolute atomic E-state index is 11.9. The van der Waals surface area contributed by atoms with E-state index in [1.165, 1.54) is 0 Å². The van der Waals surface area contributed by atoms with E-state index in [-0.39, 0.29) is 19.1 Å². The highest BCUT2D eigenvalue weighted by atomic mass is 16.5. The Morgan fingerprint density at radius 3 is 2.46 bits per heavy atom. The van der Waals surface area contributed by atoms with E-state index >= 15 is 0 Å². The van der Waals surface area contributed by atoms with Crippen molar-refractivity contribution >= 4 is 11.9 Å². The maximum atomic E-state index is 11.9. The van der Waals surface area contributed by atoms with Gasteiger partial charge in [0.25, 0.3) is 5.89 Å². The van der Waals surface area contributed by atoms with Crippen LogP contribution in [0.15, 0.2) is 22.7 Å². The molecule has 0 aliphatic carbocycles. The summed E-state index contributed by atoms with van der Waals surface area (Å²) in [4.78, 5) is 27.3. The Bertz CT molecular complexity index is 721. The molecule has 1 unspecified atom stereocenters. The monoisotopic (exact) mass is 333 g/mol. The van der Waals surface area contributed by atoms with Gasteiger partial charge in [0, 0.05) is 0 Å². The van der Waals surface area contributed by atoms with E-state index < -0.39 is 17.9 Å². The van der Waals surface area contributed by atoms with Crippen molar-refractivity contribution in [1.29, 1.82) is 0 Å². The van der Waals surface area contributed by atoms with E-state index in [0.717, 1.165) is 11.1 Å². The van der Waals surface area contributed by atoms with Crippen LogP contribution in [0.1, 0.15) is 34.4 Å². The summed E-state index contributed by atoms with van der Waals surface area (Å²) in [6.07, 6.45) is 0. The number of nitrogens with zero attached hydrogens (tertiary/aromatic N) is 2. The molecule has 0 saturated carbocycles. The van der Waals surface area contributed by atoms with Gasteiger partial charge < -0.3 is 19.7 Å². The minimum Gasteiger partial charge on any atom is -0.479 e. The number of amides is 1. The number of benzene rings is 1. The summed E-state index contributed by atoms with van der Waals surface area (Å²) in [5.41, 5.74) is 2.36. The van der Waals surface area contributed by atoms with Crippen LogP contribution in [-0.2, 0) is 20.9 Å². The highest BCUT2D eigenvalue weighted by molar-refractivity contribution is 5.85. The second kappa shape index (κ2) is 7.69. The molecule has 8 nitrogen and oxygen atoms in total. The van der Waals surface area contributed by atoms with Crippen molar-refractivity contribution in [1.82, 2.24) is 15.5 Å². The fourth-order valence-electron chi connectivity index (χ4n) is 2.30. The van der Waals surface area contributed by atoms with Gasteiger partial charge in [0.15, 0.2) is 11.9 Å². The van der Waals surface area contributed by atoms with Crippen molar-refractivity contribution in [2.24, 2.45) is 0 Å². The molecule has 0 radical (unpaired) electrons. The van der Waals surface area contributed by atoms with Gasteiger partial charge in [-0.05, 0) is 26.3 Å². The lowest BCUT2D eigenvalue weighted by Crippen LogP contribution is -2.36. The number of carbonyl (C=O) groups excluding carboxylic acids is 1. The van der Waals surface area contributed by atoms with Gasteiger partial charge in [0.1, 0.15) is 13.2 Å². The molecule has 1 atom stereocenters. The average molecular weight is 333 g/mol. The van der Waals surface area contributed by atoms with Gasteiger partial charge in [-0.25, -0.2) is 4.79 Å². The molecule has 2 rings (SSSR count). The Balaban J connectivity index is 1.94. The van der Waals surface area contributed by atoms with Crippen LogP contribution >= 0.6 is 0 Å². The maximum Gasteiger partial charge on any atom is 0.330 e. The SMILES string of the molecule is Cc1cc(C)cc(C(NC(=O)COCc2nc(C)no2)C(=O)O)c1. The third kappa shape index (κ3) is 4.88. The summed E-state index contributed by atoms with van der Waals surface area (Å²) in [6.45, 7) is 5.08. The topological polar surface area (TPSA) is 115 Å². The number of aliphatic carboxylic acids is 1. The Kier molecular flexibility index (Phi) is 5.64. The number of carbonyl (C=O) groups is 2. The first-order valence-corrected chi connectivity index (χ1v) is 7.32. The van der Waals surface area contributed by atoms with Crippen LogP contribution in [-0.4, -0.2) is 33.7 Å². The molecule has 1 heterocycles. The Morgan fingerprint density at radius 1 is 1.25 bits per heavy atom. The number of carboxylic acids is 1. The van der Waals surface area contributed by atoms with Gasteiger partial charge in [-0.1, -0.05) is 34.5 Å². The summed E-state index contributed by atoms with van der Waals surface area (Å²) in [6, 6.07) is 4.26. The number of hydrogen-bond donors (Lipinski definition) is 2. The van der Waals surface area contributed by atoms with Gasteiger partial charge in [0.2, 0.25) is 5.91 Å². The molecular weight excluding hydrogens is 314 g/mol. The van der Waals surface area contributed by atoms with Gasteiger partial charge in [0.05, 0.1) is 0 Å². The Hall–Kier alpha value is -2.74. The van der Waals surface area contributed by atoms with Crippen LogP contribution < -0.4 is 5.32 Å². The second-order valence-electron chi connectivity index (χ2n) is 5.49. The molecule has 0 bridgehead atoms. The number of ether oxygens (including phenoxy) is 1. The van der Waals surface area contributed by atoms with Crippen LogP contribution in [0.2, 0.25) is 0 Å². The lowest BCUT2D eigenvalue weighted by atomic mass is 10.0. The minimum atomic E-state index is -1.14. The minimum absolute atomic E-state index is 0.0183. The predicted molar refractivity (Wildman–Crippen MR) is 83.1 cm³/mol. The quantitative estimate of drug-likeness (QED) is 0.788. The molecule has 0 fully saturated rings. The second-order valence-corrected chi connectivity index (χ2v) is 5.49. The molecule has 0 spiro atoms. The normalized spacial score (nSPS) is 12.0. The van der Waals surface area contributed by atoms with Crippen LogP contribution in [0.25, 0.3) is 0 Å². The molecule has 1 amide bonds. The highest BCUT2D eigenvalue weighted by Gasteiger charge is 2.22. The van der Waals surface area contributed by atoms with Gasteiger partial charge in [-0.15, -0.1) is 0 Å². The predicted octanol–water partition coefficient (Wildman–Crippen LogP) is 1.45. The molecule has 8 heteroatoms. The van der Waals surface area contributed by atoms with E-state index in [1.54, 1.807) is 19.1 Å². The summed E-state index contributed by atoms with van der Waals surface area (Å²) in [7, 11) is 0. The van der Waals surface area contributed by atoms with Crippen molar-refractivity contribution in [3.8, 4) is 0 Å². The molecule has 0 aliphatic heterocycles. The van der Waals surface area contributed by atoms with Crippen molar-refractivity contribution in [3.05, 3.63) is 46.6 Å². The fraction of sp³-hybridized carbons (Fsp3) is 0.375. The van der Waals surface area contributed by atoms with Gasteiger partial charge in [-0.2, -0.15) is 4.98 Å². The molecule has 24 heavy (non-hydrogen) atoms. The summed E-state index contributed by atoms with van der Waals surface area (Å²) in [5, 5.41) is 15.4. The zero-order chi connectivity index (χ0) is 17.7. The number of aromatic nitrogens is 2. The standard InChI is InChI=1S/C16H19N3O5/c1-9-4-10(2)6-12(5-9)15(16(21)22)18-13(20)7-23-8-14-17-11(3)19-24-14/h4-6,15H,7-8H2,1-3H3,(H,18,20)(H,21,22). The molecular formula is C16H19N3O5. The van der Waals surface area contributed by atoms with Crippen LogP contribution in [0, 0.1) is 20.8 Å². The first kappa shape index (κ1) is 17.6. The lowest BCUT2D eigenvalue weighted by molar-refractivity contribution is -0.142.